The number of aryl methyl sites for hydroxylation is 2. The molecule has 20 heavy (non-hydrogen) atoms. The Hall–Kier alpha value is -1.66. The van der Waals surface area contributed by atoms with E-state index in [4.69, 9.17) is 14.2 Å². The number of nitrogens with zero attached hydrogens (tertiary/aromatic N) is 1. The SMILES string of the molecule is COCCCOCCOc1cc(C)nc(C)c1C(=O)O. The van der Waals surface area contributed by atoms with Gasteiger partial charge >= 0.3 is 5.97 Å². The van der Waals surface area contributed by atoms with E-state index in [1.54, 1.807) is 27.0 Å². The minimum atomic E-state index is -1.04. The van der Waals surface area contributed by atoms with Gasteiger partial charge in [0.1, 0.15) is 17.9 Å². The molecule has 0 radical (unpaired) electrons. The van der Waals surface area contributed by atoms with E-state index in [1.807, 2.05) is 0 Å². The Morgan fingerprint density at radius 2 is 2.00 bits per heavy atom. The zero-order valence-corrected chi connectivity index (χ0v) is 12.1. The van der Waals surface area contributed by atoms with Gasteiger partial charge in [-0.05, 0) is 20.3 Å². The fraction of sp³-hybridized carbons (Fsp3) is 0.571. The van der Waals surface area contributed by atoms with E-state index in [9.17, 15) is 9.90 Å². The molecule has 0 amide bonds. The highest BCUT2D eigenvalue weighted by Crippen LogP contribution is 2.22. The molecular weight excluding hydrogens is 262 g/mol. The first kappa shape index (κ1) is 16.4. The van der Waals surface area contributed by atoms with Gasteiger partial charge in [-0.2, -0.15) is 0 Å². The smallest absolute Gasteiger partial charge is 0.341 e. The van der Waals surface area contributed by atoms with Crippen LogP contribution in [0.2, 0.25) is 0 Å². The molecule has 1 heterocycles. The van der Waals surface area contributed by atoms with Crippen LogP contribution in [0.1, 0.15) is 28.2 Å². The van der Waals surface area contributed by atoms with Crippen LogP contribution in [0.15, 0.2) is 6.07 Å². The van der Waals surface area contributed by atoms with E-state index in [0.717, 1.165) is 12.1 Å². The van der Waals surface area contributed by atoms with Crippen molar-refractivity contribution < 1.29 is 24.1 Å². The lowest BCUT2D eigenvalue weighted by molar-refractivity contribution is 0.0675. The number of rotatable bonds is 9. The highest BCUT2D eigenvalue weighted by atomic mass is 16.5. The summed E-state index contributed by atoms with van der Waals surface area (Å²) < 4.78 is 15.7. The maximum absolute atomic E-state index is 11.2. The number of carboxylic acids is 1. The van der Waals surface area contributed by atoms with Gasteiger partial charge in [0, 0.05) is 32.1 Å². The lowest BCUT2D eigenvalue weighted by Gasteiger charge is -2.12. The molecule has 0 aliphatic carbocycles. The molecule has 0 aliphatic heterocycles. The normalized spacial score (nSPS) is 10.6. The quantitative estimate of drug-likeness (QED) is 0.697. The van der Waals surface area contributed by atoms with Gasteiger partial charge in [-0.15, -0.1) is 0 Å². The number of aromatic nitrogens is 1. The number of pyridine rings is 1. The second-order valence-corrected chi connectivity index (χ2v) is 4.33. The first-order chi connectivity index (χ1) is 9.56. The van der Waals surface area contributed by atoms with E-state index in [1.165, 1.54) is 0 Å². The summed E-state index contributed by atoms with van der Waals surface area (Å²) in [5.74, 6) is -0.700. The summed E-state index contributed by atoms with van der Waals surface area (Å²) in [5, 5.41) is 9.17. The van der Waals surface area contributed by atoms with Crippen LogP contribution in [-0.4, -0.2) is 49.6 Å². The third kappa shape index (κ3) is 5.14. The van der Waals surface area contributed by atoms with Gasteiger partial charge in [0.25, 0.3) is 0 Å². The Kier molecular flexibility index (Phi) is 6.97. The molecule has 1 aromatic rings. The molecule has 6 nitrogen and oxygen atoms in total. The van der Waals surface area contributed by atoms with Gasteiger partial charge in [0.15, 0.2) is 0 Å². The third-order valence-corrected chi connectivity index (χ3v) is 2.63. The van der Waals surface area contributed by atoms with Crippen molar-refractivity contribution in [1.82, 2.24) is 4.98 Å². The summed E-state index contributed by atoms with van der Waals surface area (Å²) in [7, 11) is 1.64. The Bertz CT molecular complexity index is 447. The fourth-order valence-corrected chi connectivity index (χ4v) is 1.78. The van der Waals surface area contributed by atoms with Crippen molar-refractivity contribution in [3.63, 3.8) is 0 Å². The van der Waals surface area contributed by atoms with Crippen LogP contribution in [0, 0.1) is 13.8 Å². The third-order valence-electron chi connectivity index (χ3n) is 2.63. The Balaban J connectivity index is 2.49. The van der Waals surface area contributed by atoms with Crippen molar-refractivity contribution in [2.45, 2.75) is 20.3 Å². The molecule has 1 aromatic heterocycles. The molecular formula is C14H21NO5. The van der Waals surface area contributed by atoms with Gasteiger partial charge in [-0.25, -0.2) is 4.79 Å². The molecule has 0 bridgehead atoms. The summed E-state index contributed by atoms with van der Waals surface area (Å²) in [6.45, 7) is 5.42. The Labute approximate surface area is 118 Å². The van der Waals surface area contributed by atoms with Crippen LogP contribution >= 0.6 is 0 Å². The summed E-state index contributed by atoms with van der Waals surface area (Å²) in [4.78, 5) is 15.3. The minimum Gasteiger partial charge on any atom is -0.490 e. The minimum absolute atomic E-state index is 0.106. The van der Waals surface area contributed by atoms with Crippen molar-refractivity contribution in [2.75, 3.05) is 33.5 Å². The Morgan fingerprint density at radius 1 is 1.25 bits per heavy atom. The van der Waals surface area contributed by atoms with Crippen LogP contribution in [0.25, 0.3) is 0 Å². The molecule has 1 rings (SSSR count). The predicted octanol–water partition coefficient (Wildman–Crippen LogP) is 1.83. The Morgan fingerprint density at radius 3 is 2.65 bits per heavy atom. The van der Waals surface area contributed by atoms with Crippen LogP contribution in [0.5, 0.6) is 5.75 Å². The lowest BCUT2D eigenvalue weighted by atomic mass is 10.1. The van der Waals surface area contributed by atoms with Gasteiger partial charge in [-0.1, -0.05) is 0 Å². The molecule has 6 heteroatoms. The number of hydrogen-bond donors (Lipinski definition) is 1. The van der Waals surface area contributed by atoms with Crippen molar-refractivity contribution >= 4 is 5.97 Å². The first-order valence-corrected chi connectivity index (χ1v) is 6.47. The molecule has 0 unspecified atom stereocenters. The van der Waals surface area contributed by atoms with Crippen LogP contribution < -0.4 is 4.74 Å². The zero-order valence-electron chi connectivity index (χ0n) is 12.1. The van der Waals surface area contributed by atoms with Gasteiger partial charge in [-0.3, -0.25) is 4.98 Å². The molecule has 1 N–H and O–H groups in total. The topological polar surface area (TPSA) is 77.9 Å². The molecule has 0 saturated heterocycles. The predicted molar refractivity (Wildman–Crippen MR) is 73.5 cm³/mol. The van der Waals surface area contributed by atoms with Crippen molar-refractivity contribution in [1.29, 1.82) is 0 Å². The maximum Gasteiger partial charge on any atom is 0.341 e. The summed E-state index contributed by atoms with van der Waals surface area (Å²) >= 11 is 0. The highest BCUT2D eigenvalue weighted by molar-refractivity contribution is 5.92. The second kappa shape index (κ2) is 8.50. The molecule has 0 aliphatic rings. The van der Waals surface area contributed by atoms with E-state index in [-0.39, 0.29) is 5.56 Å². The number of ether oxygens (including phenoxy) is 3. The van der Waals surface area contributed by atoms with Crippen molar-refractivity contribution in [3.8, 4) is 5.75 Å². The number of hydrogen-bond acceptors (Lipinski definition) is 5. The largest absolute Gasteiger partial charge is 0.490 e. The molecule has 0 saturated carbocycles. The maximum atomic E-state index is 11.2. The second-order valence-electron chi connectivity index (χ2n) is 4.33. The molecule has 0 atom stereocenters. The van der Waals surface area contributed by atoms with Gasteiger partial charge in [0.2, 0.25) is 0 Å². The van der Waals surface area contributed by atoms with E-state index >= 15 is 0 Å². The van der Waals surface area contributed by atoms with E-state index in [0.29, 0.717) is 37.9 Å². The standard InChI is InChI=1S/C14H21NO5/c1-10-9-12(13(14(16)17)11(2)15-10)20-8-7-19-6-4-5-18-3/h9H,4-8H2,1-3H3,(H,16,17). The van der Waals surface area contributed by atoms with Gasteiger partial charge in [0.05, 0.1) is 12.3 Å². The molecule has 0 spiro atoms. The van der Waals surface area contributed by atoms with E-state index in [2.05, 4.69) is 4.98 Å². The number of carboxylic acid groups (broad SMARTS) is 1. The monoisotopic (exact) mass is 283 g/mol. The van der Waals surface area contributed by atoms with Crippen molar-refractivity contribution in [2.24, 2.45) is 0 Å². The highest BCUT2D eigenvalue weighted by Gasteiger charge is 2.16. The van der Waals surface area contributed by atoms with Crippen molar-refractivity contribution in [3.05, 3.63) is 23.0 Å². The molecule has 112 valence electrons. The number of carbonyl (C=O) groups is 1. The summed E-state index contributed by atoms with van der Waals surface area (Å²) in [6, 6.07) is 1.63. The molecule has 0 fully saturated rings. The van der Waals surface area contributed by atoms with Crippen LogP contribution in [0.3, 0.4) is 0 Å². The van der Waals surface area contributed by atoms with E-state index < -0.39 is 5.97 Å². The first-order valence-electron chi connectivity index (χ1n) is 6.47. The summed E-state index contributed by atoms with van der Waals surface area (Å²) in [6.07, 6.45) is 0.824. The fourth-order valence-electron chi connectivity index (χ4n) is 1.78. The average Bonchev–Trinajstić information content (AvgIpc) is 2.36. The van der Waals surface area contributed by atoms with Crippen LogP contribution in [-0.2, 0) is 9.47 Å². The van der Waals surface area contributed by atoms with Crippen LogP contribution in [0.4, 0.5) is 0 Å². The molecule has 0 aromatic carbocycles. The summed E-state index contributed by atoms with van der Waals surface area (Å²) in [5.41, 5.74) is 1.28. The number of methoxy groups -OCH3 is 1. The zero-order chi connectivity index (χ0) is 15.0. The average molecular weight is 283 g/mol. The van der Waals surface area contributed by atoms with Gasteiger partial charge < -0.3 is 19.3 Å². The number of aromatic carboxylic acids is 1. The lowest BCUT2D eigenvalue weighted by Crippen LogP contribution is -2.12.